The number of aromatic nitrogens is 2. The molecule has 0 amide bonds. The topological polar surface area (TPSA) is 140 Å². The van der Waals surface area contributed by atoms with Crippen molar-refractivity contribution in [2.75, 3.05) is 36.9 Å². The molecule has 1 unspecified atom stereocenters. The van der Waals surface area contributed by atoms with E-state index in [1.54, 1.807) is 19.1 Å². The maximum atomic E-state index is 14.6. The third kappa shape index (κ3) is 6.83. The van der Waals surface area contributed by atoms with Gasteiger partial charge in [-0.15, -0.1) is 0 Å². The summed E-state index contributed by atoms with van der Waals surface area (Å²) in [5, 5.41) is 12.6. The summed E-state index contributed by atoms with van der Waals surface area (Å²) in [6.07, 6.45) is -5.49. The van der Waals surface area contributed by atoms with E-state index in [9.17, 15) is 27.9 Å². The molecule has 2 fully saturated rings. The van der Waals surface area contributed by atoms with Crippen LogP contribution in [0.25, 0.3) is 11.1 Å². The van der Waals surface area contributed by atoms with Gasteiger partial charge in [-0.05, 0) is 67.0 Å². The van der Waals surface area contributed by atoms with Gasteiger partial charge in [-0.1, -0.05) is 29.8 Å². The Morgan fingerprint density at radius 3 is 2.59 bits per heavy atom. The first-order valence-corrected chi connectivity index (χ1v) is 14.4. The molecule has 44 heavy (non-hydrogen) atoms. The van der Waals surface area contributed by atoms with Crippen molar-refractivity contribution in [2.24, 2.45) is 5.41 Å². The second kappa shape index (κ2) is 12.5. The smallest absolute Gasteiger partial charge is 0.429 e. The lowest BCUT2D eigenvalue weighted by Crippen LogP contribution is -2.41. The van der Waals surface area contributed by atoms with Gasteiger partial charge in [0.25, 0.3) is 0 Å². The van der Waals surface area contributed by atoms with Gasteiger partial charge >= 0.3 is 18.1 Å². The molecule has 2 saturated heterocycles. The van der Waals surface area contributed by atoms with Crippen molar-refractivity contribution in [1.82, 2.24) is 15.3 Å². The van der Waals surface area contributed by atoms with Crippen molar-refractivity contribution in [2.45, 2.75) is 44.5 Å². The monoisotopic (exact) mass is 633 g/mol. The maximum absolute atomic E-state index is 14.6. The Morgan fingerprint density at radius 1 is 1.18 bits per heavy atom. The predicted octanol–water partition coefficient (Wildman–Crippen LogP) is 5.27. The molecule has 2 atom stereocenters. The number of rotatable bonds is 8. The van der Waals surface area contributed by atoms with Crippen LogP contribution in [0.15, 0.2) is 48.5 Å². The molecular formula is C30H31ClF3N5O5. The van der Waals surface area contributed by atoms with Crippen molar-refractivity contribution in [3.05, 3.63) is 64.7 Å². The number of nitrogens with two attached hydrogens (primary N) is 1. The highest BCUT2D eigenvalue weighted by molar-refractivity contribution is 6.30. The lowest BCUT2D eigenvalue weighted by molar-refractivity contribution is -0.198. The zero-order chi connectivity index (χ0) is 31.6. The summed E-state index contributed by atoms with van der Waals surface area (Å²) in [5.74, 6) is -1.82. The molecule has 3 aromatic rings. The Bertz CT molecular complexity index is 1550. The van der Waals surface area contributed by atoms with E-state index in [-0.39, 0.29) is 45.6 Å². The lowest BCUT2D eigenvalue weighted by atomic mass is 9.76. The van der Waals surface area contributed by atoms with E-state index in [4.69, 9.17) is 26.8 Å². The number of nitrogens with zero attached hydrogens (tertiary/aromatic N) is 3. The van der Waals surface area contributed by atoms with Crippen molar-refractivity contribution in [3.63, 3.8) is 0 Å². The minimum atomic E-state index is -4.88. The Kier molecular flexibility index (Phi) is 8.89. The first kappa shape index (κ1) is 31.3. The highest BCUT2D eigenvalue weighted by atomic mass is 35.5. The molecule has 14 heteroatoms. The number of esters is 1. The molecule has 10 nitrogen and oxygen atoms in total. The van der Waals surface area contributed by atoms with Gasteiger partial charge in [0.1, 0.15) is 11.9 Å². The first-order valence-electron chi connectivity index (χ1n) is 14.0. The summed E-state index contributed by atoms with van der Waals surface area (Å²) in [5.41, 5.74) is 6.09. The van der Waals surface area contributed by atoms with Gasteiger partial charge in [0, 0.05) is 36.3 Å². The van der Waals surface area contributed by atoms with E-state index in [1.807, 2.05) is 4.90 Å². The molecule has 1 spiro atoms. The van der Waals surface area contributed by atoms with Crippen LogP contribution >= 0.6 is 11.6 Å². The Labute approximate surface area is 256 Å². The van der Waals surface area contributed by atoms with Crippen LogP contribution in [0.2, 0.25) is 5.02 Å². The quantitative estimate of drug-likeness (QED) is 0.281. The molecule has 234 valence electrons. The number of piperidine rings is 1. The number of nitrogen functional groups attached to an aromatic ring is 1. The third-order valence-electron chi connectivity index (χ3n) is 8.03. The number of anilines is 2. The molecule has 0 saturated carbocycles. The number of hydrogen-bond acceptors (Lipinski definition) is 9. The minimum Gasteiger partial charge on any atom is -0.480 e. The van der Waals surface area contributed by atoms with Gasteiger partial charge < -0.3 is 30.5 Å². The third-order valence-corrected chi connectivity index (χ3v) is 8.27. The fourth-order valence-electron chi connectivity index (χ4n) is 5.80. The van der Waals surface area contributed by atoms with Gasteiger partial charge in [0.05, 0.1) is 12.2 Å². The average molecular weight is 634 g/mol. The lowest BCUT2D eigenvalue weighted by Gasteiger charge is -2.39. The Hall–Kier alpha value is -4.10. The number of nitrogens with one attached hydrogen (secondary N) is 1. The van der Waals surface area contributed by atoms with Crippen LogP contribution in [-0.2, 0) is 9.53 Å². The summed E-state index contributed by atoms with van der Waals surface area (Å²) >= 11 is 6.20. The van der Waals surface area contributed by atoms with Crippen LogP contribution in [0.3, 0.4) is 0 Å². The molecule has 2 aromatic carbocycles. The summed E-state index contributed by atoms with van der Waals surface area (Å²) in [6.45, 7) is 3.38. The number of aliphatic carboxylic acids is 1. The largest absolute Gasteiger partial charge is 0.480 e. The molecule has 2 aliphatic rings. The molecule has 1 aromatic heterocycles. The minimum absolute atomic E-state index is 0.111. The Morgan fingerprint density at radius 2 is 1.93 bits per heavy atom. The highest BCUT2D eigenvalue weighted by Gasteiger charge is 2.46. The number of ether oxygens (including phenoxy) is 2. The van der Waals surface area contributed by atoms with E-state index in [0.717, 1.165) is 0 Å². The number of halogens is 4. The van der Waals surface area contributed by atoms with Crippen LogP contribution in [-0.4, -0.2) is 65.5 Å². The molecular weight excluding hydrogens is 603 g/mol. The number of carboxylic acid groups (broad SMARTS) is 1. The molecule has 0 aliphatic carbocycles. The molecule has 2 aliphatic heterocycles. The fraction of sp³-hybridized carbons (Fsp3) is 0.400. The number of carboxylic acids is 1. The normalized spacial score (nSPS) is 18.7. The summed E-state index contributed by atoms with van der Waals surface area (Å²) in [4.78, 5) is 33.8. The Balaban J connectivity index is 1.42. The number of benzene rings is 2. The van der Waals surface area contributed by atoms with E-state index < -0.39 is 30.3 Å². The molecule has 0 bridgehead atoms. The maximum Gasteiger partial charge on any atom is 0.429 e. The first-order chi connectivity index (χ1) is 20.9. The number of hydrogen-bond donors (Lipinski definition) is 3. The number of alkyl halides is 3. The van der Waals surface area contributed by atoms with Gasteiger partial charge in [0.2, 0.25) is 17.9 Å². The van der Waals surface area contributed by atoms with Crippen molar-refractivity contribution >= 4 is 35.3 Å². The van der Waals surface area contributed by atoms with E-state index >= 15 is 0 Å². The van der Waals surface area contributed by atoms with Gasteiger partial charge in [0.15, 0.2) is 0 Å². The summed E-state index contributed by atoms with van der Waals surface area (Å²) < 4.78 is 54.5. The standard InChI is InChI=1S/C30H31ClF3N5O5/c1-2-43-27(42)18-5-3-4-17(12-18)21-13-19(31)6-7-20(21)25(30(32,33)34)44-24-14-23(37-28(35)38-24)39-10-8-29(9-11-39)15-22(26(40)41)36-16-29/h3-7,12-14,22,25,36H,2,8-11,15-16H2,1H3,(H,40,41)(H2,35,37,38)/t22-,25?/m0/s1. The van der Waals surface area contributed by atoms with E-state index in [2.05, 4.69) is 15.3 Å². The van der Waals surface area contributed by atoms with E-state index in [1.165, 1.54) is 36.4 Å². The zero-order valence-corrected chi connectivity index (χ0v) is 24.5. The van der Waals surface area contributed by atoms with E-state index in [0.29, 0.717) is 50.3 Å². The van der Waals surface area contributed by atoms with Crippen molar-refractivity contribution in [1.29, 1.82) is 0 Å². The van der Waals surface area contributed by atoms with Gasteiger partial charge in [-0.3, -0.25) is 4.79 Å². The summed E-state index contributed by atoms with van der Waals surface area (Å²) in [7, 11) is 0. The second-order valence-electron chi connectivity index (χ2n) is 11.0. The number of carbonyl (C=O) groups excluding carboxylic acids is 1. The van der Waals surface area contributed by atoms with Gasteiger partial charge in [-0.25, -0.2) is 4.79 Å². The number of carbonyl (C=O) groups is 2. The van der Waals surface area contributed by atoms with Crippen LogP contribution in [0.5, 0.6) is 5.88 Å². The van der Waals surface area contributed by atoms with Crippen LogP contribution < -0.4 is 20.7 Å². The average Bonchev–Trinajstić information content (AvgIpc) is 3.39. The molecule has 3 heterocycles. The highest BCUT2D eigenvalue weighted by Crippen LogP contribution is 2.43. The molecule has 0 radical (unpaired) electrons. The summed E-state index contributed by atoms with van der Waals surface area (Å²) in [6, 6.07) is 10.7. The van der Waals surface area contributed by atoms with Crippen LogP contribution in [0.1, 0.15) is 48.2 Å². The van der Waals surface area contributed by atoms with Crippen molar-refractivity contribution in [3.8, 4) is 17.0 Å². The zero-order valence-electron chi connectivity index (χ0n) is 23.7. The van der Waals surface area contributed by atoms with Crippen LogP contribution in [0, 0.1) is 5.41 Å². The fourth-order valence-corrected chi connectivity index (χ4v) is 5.97. The molecule has 5 rings (SSSR count). The second-order valence-corrected chi connectivity index (χ2v) is 11.4. The SMILES string of the molecule is CCOC(=O)c1cccc(-c2cc(Cl)ccc2C(Oc2cc(N3CCC4(CC3)CN[C@H](C(=O)O)C4)nc(N)n2)C(F)(F)F)c1. The van der Waals surface area contributed by atoms with Crippen LogP contribution in [0.4, 0.5) is 24.9 Å². The molecule has 4 N–H and O–H groups in total. The van der Waals surface area contributed by atoms with Crippen molar-refractivity contribution < 1.29 is 37.3 Å². The predicted molar refractivity (Wildman–Crippen MR) is 157 cm³/mol. The van der Waals surface area contributed by atoms with Gasteiger partial charge in [-0.2, -0.15) is 23.1 Å².